The van der Waals surface area contributed by atoms with Gasteiger partial charge in [0, 0.05) is 18.7 Å². The van der Waals surface area contributed by atoms with Gasteiger partial charge in [0.05, 0.1) is 18.0 Å². The number of carbonyl (C=O) groups excluding carboxylic acids is 1. The number of rotatable bonds is 8. The van der Waals surface area contributed by atoms with Crippen LogP contribution in [0.4, 0.5) is 5.69 Å². The number of sulfonamides is 1. The quantitative estimate of drug-likeness (QED) is 0.670. The van der Waals surface area contributed by atoms with Crippen molar-refractivity contribution in [1.82, 2.24) is 5.32 Å². The molecule has 29 heavy (non-hydrogen) atoms. The maximum atomic E-state index is 12.4. The molecular formula is C22H28N2O4S. The SMILES string of the molecule is CCOc1ccccc1CCCNC(=O)c1ccc(N2CCCCS2(=O)=O)cc1. The van der Waals surface area contributed by atoms with Crippen LogP contribution in [0, 0.1) is 0 Å². The fraction of sp³-hybridized carbons (Fsp3) is 0.409. The van der Waals surface area contributed by atoms with E-state index in [0.29, 0.717) is 37.4 Å². The summed E-state index contributed by atoms with van der Waals surface area (Å²) in [6.45, 7) is 3.64. The van der Waals surface area contributed by atoms with Gasteiger partial charge in [-0.05, 0) is 68.5 Å². The minimum Gasteiger partial charge on any atom is -0.494 e. The summed E-state index contributed by atoms with van der Waals surface area (Å²) in [6, 6.07) is 14.7. The minimum atomic E-state index is -3.24. The van der Waals surface area contributed by atoms with Crippen molar-refractivity contribution >= 4 is 21.6 Å². The summed E-state index contributed by atoms with van der Waals surface area (Å²) < 4.78 is 31.5. The molecule has 0 saturated carbocycles. The molecule has 0 atom stereocenters. The van der Waals surface area contributed by atoms with Crippen LogP contribution >= 0.6 is 0 Å². The van der Waals surface area contributed by atoms with Gasteiger partial charge < -0.3 is 10.1 Å². The highest BCUT2D eigenvalue weighted by Gasteiger charge is 2.25. The van der Waals surface area contributed by atoms with Crippen molar-refractivity contribution in [2.24, 2.45) is 0 Å². The number of anilines is 1. The number of aryl methyl sites for hydroxylation is 1. The van der Waals surface area contributed by atoms with Crippen LogP contribution in [0.2, 0.25) is 0 Å². The first-order valence-corrected chi connectivity index (χ1v) is 11.7. The maximum Gasteiger partial charge on any atom is 0.251 e. The van der Waals surface area contributed by atoms with Crippen molar-refractivity contribution in [2.75, 3.05) is 29.8 Å². The molecule has 3 rings (SSSR count). The molecule has 0 unspecified atom stereocenters. The van der Waals surface area contributed by atoms with Crippen molar-refractivity contribution < 1.29 is 17.9 Å². The molecule has 1 saturated heterocycles. The molecule has 0 aromatic heterocycles. The lowest BCUT2D eigenvalue weighted by Crippen LogP contribution is -2.37. The number of benzene rings is 2. The number of hydrogen-bond acceptors (Lipinski definition) is 4. The Bertz CT molecular complexity index is 926. The van der Waals surface area contributed by atoms with Crippen LogP contribution in [0.15, 0.2) is 48.5 Å². The summed E-state index contributed by atoms with van der Waals surface area (Å²) in [7, 11) is -3.24. The molecule has 1 N–H and O–H groups in total. The molecule has 0 aliphatic carbocycles. The Morgan fingerprint density at radius 3 is 2.59 bits per heavy atom. The topological polar surface area (TPSA) is 75.7 Å². The van der Waals surface area contributed by atoms with Gasteiger partial charge in [-0.2, -0.15) is 0 Å². The van der Waals surface area contributed by atoms with Gasteiger partial charge in [0.15, 0.2) is 0 Å². The first-order chi connectivity index (χ1) is 14.0. The predicted octanol–water partition coefficient (Wildman–Crippen LogP) is 3.38. The van der Waals surface area contributed by atoms with Crippen molar-refractivity contribution in [3.63, 3.8) is 0 Å². The summed E-state index contributed by atoms with van der Waals surface area (Å²) in [4.78, 5) is 12.4. The smallest absolute Gasteiger partial charge is 0.251 e. The maximum absolute atomic E-state index is 12.4. The van der Waals surface area contributed by atoms with Crippen LogP contribution in [0.5, 0.6) is 5.75 Å². The lowest BCUT2D eigenvalue weighted by molar-refractivity contribution is 0.0953. The van der Waals surface area contributed by atoms with E-state index in [9.17, 15) is 13.2 Å². The largest absolute Gasteiger partial charge is 0.494 e. The molecule has 1 aliphatic rings. The van der Waals surface area contributed by atoms with Crippen molar-refractivity contribution in [3.05, 3.63) is 59.7 Å². The summed E-state index contributed by atoms with van der Waals surface area (Å²) >= 11 is 0. The molecular weight excluding hydrogens is 388 g/mol. The lowest BCUT2D eigenvalue weighted by Gasteiger charge is -2.28. The lowest BCUT2D eigenvalue weighted by atomic mass is 10.1. The zero-order valence-corrected chi connectivity index (χ0v) is 17.6. The monoisotopic (exact) mass is 416 g/mol. The first-order valence-electron chi connectivity index (χ1n) is 10.1. The average molecular weight is 417 g/mol. The summed E-state index contributed by atoms with van der Waals surface area (Å²) in [5.74, 6) is 0.919. The minimum absolute atomic E-state index is 0.156. The van der Waals surface area contributed by atoms with E-state index in [1.807, 2.05) is 31.2 Å². The number of para-hydroxylation sites is 1. The van der Waals surface area contributed by atoms with Crippen LogP contribution < -0.4 is 14.4 Å². The Labute approximate surface area is 172 Å². The number of hydrogen-bond donors (Lipinski definition) is 1. The zero-order chi connectivity index (χ0) is 20.7. The molecule has 2 aromatic carbocycles. The molecule has 7 heteroatoms. The van der Waals surface area contributed by atoms with E-state index < -0.39 is 10.0 Å². The molecule has 0 radical (unpaired) electrons. The van der Waals surface area contributed by atoms with E-state index in [4.69, 9.17) is 4.74 Å². The molecule has 2 aromatic rings. The molecule has 1 fully saturated rings. The van der Waals surface area contributed by atoms with Crippen molar-refractivity contribution in [1.29, 1.82) is 0 Å². The molecule has 1 aliphatic heterocycles. The normalized spacial score (nSPS) is 15.7. The van der Waals surface area contributed by atoms with Gasteiger partial charge in [-0.15, -0.1) is 0 Å². The Morgan fingerprint density at radius 2 is 1.86 bits per heavy atom. The molecule has 1 amide bonds. The molecule has 156 valence electrons. The standard InChI is InChI=1S/C22H28N2O4S/c1-2-28-21-10-4-3-8-18(21)9-7-15-23-22(25)19-11-13-20(14-12-19)24-16-5-6-17-29(24,26)27/h3-4,8,10-14H,2,5-7,9,15-17H2,1H3,(H,23,25). The van der Waals surface area contributed by atoms with Gasteiger partial charge in [-0.1, -0.05) is 18.2 Å². The zero-order valence-electron chi connectivity index (χ0n) is 16.8. The van der Waals surface area contributed by atoms with Gasteiger partial charge in [-0.25, -0.2) is 8.42 Å². The van der Waals surface area contributed by atoms with E-state index >= 15 is 0 Å². The van der Waals surface area contributed by atoms with E-state index in [1.165, 1.54) is 4.31 Å². The third kappa shape index (κ3) is 5.50. The van der Waals surface area contributed by atoms with E-state index in [1.54, 1.807) is 24.3 Å². The van der Waals surface area contributed by atoms with Crippen LogP contribution in [-0.2, 0) is 16.4 Å². The highest BCUT2D eigenvalue weighted by Crippen LogP contribution is 2.24. The molecule has 0 spiro atoms. The van der Waals surface area contributed by atoms with Gasteiger partial charge in [-0.3, -0.25) is 9.10 Å². The first kappa shape index (κ1) is 21.2. The summed E-state index contributed by atoms with van der Waals surface area (Å²) in [6.07, 6.45) is 3.18. The second kappa shape index (κ2) is 9.78. The number of carbonyl (C=O) groups is 1. The number of ether oxygens (including phenoxy) is 1. The molecule has 6 nitrogen and oxygen atoms in total. The van der Waals surface area contributed by atoms with Crippen LogP contribution in [0.3, 0.4) is 0 Å². The fourth-order valence-corrected chi connectivity index (χ4v) is 5.09. The summed E-state index contributed by atoms with van der Waals surface area (Å²) in [5.41, 5.74) is 2.28. The van der Waals surface area contributed by atoms with Gasteiger partial charge in [0.1, 0.15) is 5.75 Å². The second-order valence-corrected chi connectivity index (χ2v) is 9.06. The molecule has 0 bridgehead atoms. The highest BCUT2D eigenvalue weighted by molar-refractivity contribution is 7.92. The Kier molecular flexibility index (Phi) is 7.14. The van der Waals surface area contributed by atoms with Crippen molar-refractivity contribution in [2.45, 2.75) is 32.6 Å². The number of nitrogens with one attached hydrogen (secondary N) is 1. The average Bonchev–Trinajstić information content (AvgIpc) is 2.72. The van der Waals surface area contributed by atoms with Gasteiger partial charge in [0.2, 0.25) is 10.0 Å². The van der Waals surface area contributed by atoms with E-state index in [-0.39, 0.29) is 11.7 Å². The van der Waals surface area contributed by atoms with E-state index in [0.717, 1.165) is 30.6 Å². The third-order valence-electron chi connectivity index (χ3n) is 4.95. The van der Waals surface area contributed by atoms with E-state index in [2.05, 4.69) is 5.32 Å². The van der Waals surface area contributed by atoms with Crippen LogP contribution in [0.25, 0.3) is 0 Å². The predicted molar refractivity (Wildman–Crippen MR) is 115 cm³/mol. The highest BCUT2D eigenvalue weighted by atomic mass is 32.2. The van der Waals surface area contributed by atoms with Gasteiger partial charge >= 0.3 is 0 Å². The Balaban J connectivity index is 1.51. The third-order valence-corrected chi connectivity index (χ3v) is 6.82. The Hall–Kier alpha value is -2.54. The fourth-order valence-electron chi connectivity index (χ4n) is 3.45. The second-order valence-electron chi connectivity index (χ2n) is 7.04. The number of nitrogens with zero attached hydrogens (tertiary/aromatic N) is 1. The van der Waals surface area contributed by atoms with Crippen LogP contribution in [-0.4, -0.2) is 39.8 Å². The molecule has 1 heterocycles. The van der Waals surface area contributed by atoms with Crippen molar-refractivity contribution in [3.8, 4) is 5.75 Å². The van der Waals surface area contributed by atoms with Crippen LogP contribution in [0.1, 0.15) is 42.1 Å². The summed E-state index contributed by atoms with van der Waals surface area (Å²) in [5, 5.41) is 2.92. The number of amides is 1. The Morgan fingerprint density at radius 1 is 1.10 bits per heavy atom. The van der Waals surface area contributed by atoms with Gasteiger partial charge in [0.25, 0.3) is 5.91 Å².